The number of hydrogen-bond donors (Lipinski definition) is 4. The first kappa shape index (κ1) is 37.5. The molecule has 2 amide bonds. The molecule has 6 heterocycles. The summed E-state index contributed by atoms with van der Waals surface area (Å²) in [6.45, 7) is 16.8. The smallest absolute Gasteiger partial charge is 0.223 e. The lowest BCUT2D eigenvalue weighted by Crippen LogP contribution is -2.40. The molecule has 0 aliphatic carbocycles. The van der Waals surface area contributed by atoms with Gasteiger partial charge in [-0.25, -0.2) is 19.3 Å². The summed E-state index contributed by atoms with van der Waals surface area (Å²) in [5.41, 5.74) is 7.38. The molecular weight excluding hydrogens is 660 g/mol. The number of fused-ring (bicyclic) bond motifs is 2. The van der Waals surface area contributed by atoms with E-state index in [0.717, 1.165) is 81.6 Å². The maximum atomic E-state index is 13.7. The van der Waals surface area contributed by atoms with Crippen molar-refractivity contribution in [1.29, 1.82) is 0 Å². The van der Waals surface area contributed by atoms with E-state index in [-0.39, 0.29) is 23.9 Å². The van der Waals surface area contributed by atoms with Crippen molar-refractivity contribution in [2.24, 2.45) is 11.8 Å². The highest BCUT2D eigenvalue weighted by Crippen LogP contribution is 2.33. The Bertz CT molecular complexity index is 1720. The zero-order valence-electron chi connectivity index (χ0n) is 31.7. The number of carbonyl (C=O) groups is 2. The number of aryl methyl sites for hydroxylation is 4. The molecule has 2 aliphatic heterocycles. The van der Waals surface area contributed by atoms with E-state index in [1.165, 1.54) is 0 Å². The van der Waals surface area contributed by atoms with Crippen molar-refractivity contribution < 1.29 is 19.1 Å². The van der Waals surface area contributed by atoms with Gasteiger partial charge in [0.2, 0.25) is 11.8 Å². The molecule has 14 heteroatoms. The summed E-state index contributed by atoms with van der Waals surface area (Å²) in [4.78, 5) is 37.4. The van der Waals surface area contributed by atoms with Crippen LogP contribution in [0.15, 0.2) is 12.4 Å². The molecular formula is C38H56N10O4. The van der Waals surface area contributed by atoms with Gasteiger partial charge < -0.3 is 30.7 Å². The largest absolute Gasteiger partial charge is 0.381 e. The first-order valence-corrected chi connectivity index (χ1v) is 19.3. The molecule has 6 rings (SSSR count). The minimum Gasteiger partial charge on any atom is -0.381 e. The Labute approximate surface area is 306 Å². The Hall–Kier alpha value is -4.30. The molecule has 2 aliphatic rings. The predicted molar refractivity (Wildman–Crippen MR) is 202 cm³/mol. The first-order valence-electron chi connectivity index (χ1n) is 19.3. The summed E-state index contributed by atoms with van der Waals surface area (Å²) in [6.07, 6.45) is 8.76. The number of pyridine rings is 2. The molecule has 0 spiro atoms. The zero-order chi connectivity index (χ0) is 36.8. The third kappa shape index (κ3) is 7.87. The minimum atomic E-state index is -0.564. The third-order valence-electron chi connectivity index (χ3n) is 10.8. The van der Waals surface area contributed by atoms with Crippen molar-refractivity contribution in [3.63, 3.8) is 0 Å². The molecule has 2 fully saturated rings. The van der Waals surface area contributed by atoms with Gasteiger partial charge in [0.15, 0.2) is 11.3 Å². The van der Waals surface area contributed by atoms with Crippen molar-refractivity contribution >= 4 is 45.3 Å². The van der Waals surface area contributed by atoms with Crippen LogP contribution in [0.3, 0.4) is 0 Å². The number of anilines is 2. The molecule has 282 valence electrons. The van der Waals surface area contributed by atoms with Gasteiger partial charge in [-0.2, -0.15) is 10.2 Å². The second-order valence-corrected chi connectivity index (χ2v) is 14.0. The van der Waals surface area contributed by atoms with Gasteiger partial charge in [0, 0.05) is 99.0 Å². The molecule has 0 bridgehead atoms. The highest BCUT2D eigenvalue weighted by atomic mass is 16.5. The van der Waals surface area contributed by atoms with E-state index in [1.54, 1.807) is 0 Å². The third-order valence-corrected chi connectivity index (χ3v) is 10.8. The van der Waals surface area contributed by atoms with Crippen LogP contribution in [-0.4, -0.2) is 79.9 Å². The number of amides is 2. The van der Waals surface area contributed by atoms with Crippen LogP contribution in [0.5, 0.6) is 0 Å². The first-order chi connectivity index (χ1) is 25.3. The average molecular weight is 717 g/mol. The fourth-order valence-electron chi connectivity index (χ4n) is 7.33. The lowest BCUT2D eigenvalue weighted by Gasteiger charge is -2.27. The Balaban J connectivity index is 1.17. The number of nitrogens with one attached hydrogen (secondary N) is 4. The van der Waals surface area contributed by atoms with Crippen LogP contribution >= 0.6 is 0 Å². The fourth-order valence-corrected chi connectivity index (χ4v) is 7.33. The average Bonchev–Trinajstić information content (AvgIpc) is 3.80. The van der Waals surface area contributed by atoms with Crippen LogP contribution in [0.25, 0.3) is 22.1 Å². The van der Waals surface area contributed by atoms with Gasteiger partial charge in [-0.15, -0.1) is 0 Å². The van der Waals surface area contributed by atoms with E-state index in [1.807, 2.05) is 35.6 Å². The molecule has 4 aromatic heterocycles. The Morgan fingerprint density at radius 2 is 1.08 bits per heavy atom. The van der Waals surface area contributed by atoms with E-state index in [9.17, 15) is 9.59 Å². The van der Waals surface area contributed by atoms with E-state index >= 15 is 0 Å². The second-order valence-electron chi connectivity index (χ2n) is 14.0. The van der Waals surface area contributed by atoms with Crippen molar-refractivity contribution in [1.82, 2.24) is 40.2 Å². The highest BCUT2D eigenvalue weighted by molar-refractivity contribution is 5.93. The molecule has 0 aromatic carbocycles. The van der Waals surface area contributed by atoms with E-state index in [0.29, 0.717) is 65.4 Å². The molecule has 2 unspecified atom stereocenters. The van der Waals surface area contributed by atoms with Gasteiger partial charge in [0.25, 0.3) is 0 Å². The molecule has 0 saturated carbocycles. The van der Waals surface area contributed by atoms with Gasteiger partial charge in [-0.1, -0.05) is 27.7 Å². The fraction of sp³-hybridized carbons (Fsp3) is 0.632. The molecule has 2 atom stereocenters. The van der Waals surface area contributed by atoms with Gasteiger partial charge in [0.1, 0.15) is 0 Å². The number of nitrogens with zero attached hydrogens (tertiary/aromatic N) is 6. The zero-order valence-corrected chi connectivity index (χ0v) is 31.7. The van der Waals surface area contributed by atoms with Crippen molar-refractivity contribution in [2.45, 2.75) is 118 Å². The molecule has 4 aromatic rings. The van der Waals surface area contributed by atoms with Crippen LogP contribution < -0.4 is 21.3 Å². The van der Waals surface area contributed by atoms with Crippen molar-refractivity contribution in [3.8, 4) is 0 Å². The molecule has 2 saturated heterocycles. The predicted octanol–water partition coefficient (Wildman–Crippen LogP) is 4.73. The van der Waals surface area contributed by atoms with Crippen molar-refractivity contribution in [3.05, 3.63) is 34.9 Å². The lowest BCUT2D eigenvalue weighted by molar-refractivity contribution is -0.133. The summed E-state index contributed by atoms with van der Waals surface area (Å²) in [5.74, 6) is -1.50. The van der Waals surface area contributed by atoms with Gasteiger partial charge in [0.05, 0.1) is 34.5 Å². The van der Waals surface area contributed by atoms with E-state index < -0.39 is 11.8 Å². The Morgan fingerprint density at radius 1 is 0.692 bits per heavy atom. The second kappa shape index (κ2) is 17.0. The number of carbonyl (C=O) groups excluding carboxylic acids is 2. The number of rotatable bonds is 15. The normalized spacial score (nSPS) is 17.0. The molecule has 52 heavy (non-hydrogen) atoms. The summed E-state index contributed by atoms with van der Waals surface area (Å²) < 4.78 is 15.0. The number of aromatic nitrogens is 6. The molecule has 4 N–H and O–H groups in total. The topological polar surface area (TPSA) is 162 Å². The van der Waals surface area contributed by atoms with Gasteiger partial charge in [-0.05, 0) is 52.4 Å². The minimum absolute atomic E-state index is 0.183. The van der Waals surface area contributed by atoms with Crippen LogP contribution in [0.2, 0.25) is 0 Å². The monoisotopic (exact) mass is 716 g/mol. The van der Waals surface area contributed by atoms with Crippen molar-refractivity contribution in [2.75, 3.05) is 37.1 Å². The summed E-state index contributed by atoms with van der Waals surface area (Å²) in [5, 5.41) is 24.9. The maximum Gasteiger partial charge on any atom is 0.223 e. The SMILES string of the molecule is CCc1nc2c(cnn2CC)c(NC2CCOCC2)c1CNC(=O)C(C)C(C)C(=O)NCc1c(CC)nc2c(cnn2CC)c1NC1CCOCC1. The highest BCUT2D eigenvalue weighted by Gasteiger charge is 2.29. The molecule has 0 radical (unpaired) electrons. The molecule has 14 nitrogen and oxygen atoms in total. The number of ether oxygens (including phenoxy) is 2. The quantitative estimate of drug-likeness (QED) is 0.135. The Morgan fingerprint density at radius 3 is 1.42 bits per heavy atom. The van der Waals surface area contributed by atoms with E-state index in [2.05, 4.69) is 59.2 Å². The van der Waals surface area contributed by atoms with Crippen LogP contribution in [0.4, 0.5) is 11.4 Å². The standard InChI is InChI=1S/C38H56N10O4/c1-7-31-27(33(43-25-11-15-51-16-12-25)29-21-41-47(9-3)35(29)45-31)19-39-37(49)23(5)24(6)38(50)40-20-28-32(8-2)46-36-30(22-42-48(36)10-4)34(28)44-26-13-17-52-18-14-26/h21-26H,7-20H2,1-6H3,(H,39,49)(H,40,50)(H,43,45)(H,44,46). The maximum absolute atomic E-state index is 13.7. The van der Waals surface area contributed by atoms with Crippen LogP contribution in [-0.2, 0) is 58.1 Å². The van der Waals surface area contributed by atoms with Gasteiger partial charge in [-0.3, -0.25) is 9.59 Å². The number of hydrogen-bond acceptors (Lipinski definition) is 10. The lowest BCUT2D eigenvalue weighted by atomic mass is 9.93. The summed E-state index contributed by atoms with van der Waals surface area (Å²) in [6, 6.07) is 0.510. The van der Waals surface area contributed by atoms with Crippen LogP contribution in [0.1, 0.15) is 89.7 Å². The summed E-state index contributed by atoms with van der Waals surface area (Å²) in [7, 11) is 0. The van der Waals surface area contributed by atoms with E-state index in [4.69, 9.17) is 19.4 Å². The van der Waals surface area contributed by atoms with Crippen LogP contribution in [0, 0.1) is 11.8 Å². The summed E-state index contributed by atoms with van der Waals surface area (Å²) >= 11 is 0. The Kier molecular flexibility index (Phi) is 12.3. The van der Waals surface area contributed by atoms with Gasteiger partial charge >= 0.3 is 0 Å².